The highest BCUT2D eigenvalue weighted by molar-refractivity contribution is 9.10. The topological polar surface area (TPSA) is 49.4 Å². The van der Waals surface area contributed by atoms with Crippen LogP contribution in [0.15, 0.2) is 77.3 Å². The van der Waals surface area contributed by atoms with E-state index in [1.807, 2.05) is 65.6 Å². The van der Waals surface area contributed by atoms with E-state index in [1.165, 1.54) is 0 Å². The number of benzene rings is 3. The van der Waals surface area contributed by atoms with Crippen LogP contribution in [-0.4, -0.2) is 22.5 Å². The van der Waals surface area contributed by atoms with E-state index in [4.69, 9.17) is 11.6 Å². The molecule has 1 heterocycles. The minimum absolute atomic E-state index is 0.0754. The molecule has 0 aromatic heterocycles. The average Bonchev–Trinajstić information content (AvgIpc) is 3.11. The van der Waals surface area contributed by atoms with Gasteiger partial charge in [0, 0.05) is 21.6 Å². The number of amides is 2. The van der Waals surface area contributed by atoms with Crippen LogP contribution in [0.25, 0.3) is 0 Å². The highest BCUT2D eigenvalue weighted by Crippen LogP contribution is 2.39. The van der Waals surface area contributed by atoms with E-state index in [0.717, 1.165) is 21.3 Å². The minimum atomic E-state index is -0.179. The number of nitrogens with zero attached hydrogens (tertiary/aromatic N) is 1. The van der Waals surface area contributed by atoms with Crippen LogP contribution in [0.3, 0.4) is 0 Å². The fourth-order valence-corrected chi connectivity index (χ4v) is 4.94. The number of carbonyl (C=O) groups excluding carboxylic acids is 2. The van der Waals surface area contributed by atoms with Gasteiger partial charge in [-0.3, -0.25) is 9.59 Å². The fraction of sp³-hybridized carbons (Fsp3) is 0.130. The summed E-state index contributed by atoms with van der Waals surface area (Å²) in [6.45, 7) is 0.526. The number of rotatable bonds is 5. The number of hydrogen-bond acceptors (Lipinski definition) is 3. The molecular formula is C23H18BrClN2O2S. The van der Waals surface area contributed by atoms with Crippen molar-refractivity contribution in [2.45, 2.75) is 11.9 Å². The molecule has 0 spiro atoms. The van der Waals surface area contributed by atoms with Gasteiger partial charge in [0.05, 0.1) is 11.4 Å². The molecule has 0 bridgehead atoms. The highest BCUT2D eigenvalue weighted by atomic mass is 79.9. The molecule has 152 valence electrons. The maximum atomic E-state index is 12.6. The maximum absolute atomic E-state index is 12.6. The summed E-state index contributed by atoms with van der Waals surface area (Å²) >= 11 is 11.0. The quantitative estimate of drug-likeness (QED) is 0.457. The van der Waals surface area contributed by atoms with Gasteiger partial charge in [-0.2, -0.15) is 0 Å². The Morgan fingerprint density at radius 3 is 2.47 bits per heavy atom. The van der Waals surface area contributed by atoms with Crippen LogP contribution < -0.4 is 5.32 Å². The third-order valence-electron chi connectivity index (χ3n) is 4.81. The molecule has 1 atom stereocenters. The Morgan fingerprint density at radius 2 is 1.77 bits per heavy atom. The SMILES string of the molecule is O=C(Nc1ccccc1Br)c1ccc([C@H]2SCC(=O)N2Cc2ccc(Cl)cc2)cc1. The van der Waals surface area contributed by atoms with Gasteiger partial charge < -0.3 is 10.2 Å². The molecule has 2 amide bonds. The molecule has 0 saturated carbocycles. The Kier molecular flexibility index (Phi) is 6.46. The Bertz CT molecular complexity index is 1070. The lowest BCUT2D eigenvalue weighted by Crippen LogP contribution is -2.27. The summed E-state index contributed by atoms with van der Waals surface area (Å²) in [4.78, 5) is 26.9. The first-order valence-electron chi connectivity index (χ1n) is 9.32. The van der Waals surface area contributed by atoms with Crippen molar-refractivity contribution in [2.75, 3.05) is 11.1 Å². The van der Waals surface area contributed by atoms with E-state index in [2.05, 4.69) is 21.2 Å². The molecule has 4 nitrogen and oxygen atoms in total. The Morgan fingerprint density at radius 1 is 1.07 bits per heavy atom. The van der Waals surface area contributed by atoms with Crippen molar-refractivity contribution in [1.29, 1.82) is 0 Å². The van der Waals surface area contributed by atoms with Gasteiger partial charge in [-0.1, -0.05) is 48.0 Å². The van der Waals surface area contributed by atoms with Gasteiger partial charge in [-0.25, -0.2) is 0 Å². The fourth-order valence-electron chi connectivity index (χ4n) is 3.24. The predicted molar refractivity (Wildman–Crippen MR) is 126 cm³/mol. The molecule has 3 aromatic rings. The summed E-state index contributed by atoms with van der Waals surface area (Å²) in [5, 5.41) is 3.50. The largest absolute Gasteiger partial charge is 0.322 e. The Hall–Kier alpha value is -2.28. The van der Waals surface area contributed by atoms with Gasteiger partial charge >= 0.3 is 0 Å². The monoisotopic (exact) mass is 500 g/mol. The lowest BCUT2D eigenvalue weighted by molar-refractivity contribution is -0.128. The van der Waals surface area contributed by atoms with Crippen molar-refractivity contribution in [3.63, 3.8) is 0 Å². The smallest absolute Gasteiger partial charge is 0.255 e. The number of anilines is 1. The lowest BCUT2D eigenvalue weighted by atomic mass is 10.1. The number of para-hydroxylation sites is 1. The zero-order chi connectivity index (χ0) is 21.1. The molecule has 30 heavy (non-hydrogen) atoms. The van der Waals surface area contributed by atoms with Crippen molar-refractivity contribution in [3.8, 4) is 0 Å². The third kappa shape index (κ3) is 4.72. The molecule has 4 rings (SSSR count). The van der Waals surface area contributed by atoms with E-state index < -0.39 is 0 Å². The molecule has 0 unspecified atom stereocenters. The average molecular weight is 502 g/mol. The second kappa shape index (κ2) is 9.25. The zero-order valence-electron chi connectivity index (χ0n) is 15.8. The molecule has 1 aliphatic heterocycles. The van der Waals surface area contributed by atoms with Crippen LogP contribution in [0.5, 0.6) is 0 Å². The summed E-state index contributed by atoms with van der Waals surface area (Å²) in [5.74, 6) is 0.375. The first-order chi connectivity index (χ1) is 14.5. The zero-order valence-corrected chi connectivity index (χ0v) is 19.0. The first kappa shape index (κ1) is 21.0. The molecule has 0 radical (unpaired) electrons. The second-order valence-corrected chi connectivity index (χ2v) is 9.23. The van der Waals surface area contributed by atoms with Crippen molar-refractivity contribution in [2.24, 2.45) is 0 Å². The van der Waals surface area contributed by atoms with Crippen molar-refractivity contribution < 1.29 is 9.59 Å². The maximum Gasteiger partial charge on any atom is 0.255 e. The van der Waals surface area contributed by atoms with E-state index in [0.29, 0.717) is 22.9 Å². The molecule has 1 saturated heterocycles. The standard InChI is InChI=1S/C23H18BrClN2O2S/c24-19-3-1-2-4-20(19)26-22(29)16-7-9-17(10-8-16)23-27(21(28)14-30-23)13-15-5-11-18(25)12-6-15/h1-12,23H,13-14H2,(H,26,29)/t23-/m1/s1. The Labute approximate surface area is 192 Å². The van der Waals surface area contributed by atoms with E-state index in [1.54, 1.807) is 23.9 Å². The third-order valence-corrected chi connectivity index (χ3v) is 7.01. The molecule has 1 aliphatic rings. The van der Waals surface area contributed by atoms with E-state index >= 15 is 0 Å². The summed E-state index contributed by atoms with van der Waals surface area (Å²) in [5.41, 5.74) is 3.31. The van der Waals surface area contributed by atoms with Crippen molar-refractivity contribution in [1.82, 2.24) is 4.90 Å². The van der Waals surface area contributed by atoms with Gasteiger partial charge in [0.1, 0.15) is 5.37 Å². The summed E-state index contributed by atoms with van der Waals surface area (Å²) in [6.07, 6.45) is 0. The van der Waals surface area contributed by atoms with Crippen molar-refractivity contribution in [3.05, 3.63) is 99.0 Å². The van der Waals surface area contributed by atoms with E-state index in [-0.39, 0.29) is 17.2 Å². The van der Waals surface area contributed by atoms with Crippen LogP contribution in [0.4, 0.5) is 5.69 Å². The van der Waals surface area contributed by atoms with Crippen molar-refractivity contribution >= 4 is 56.8 Å². The summed E-state index contributed by atoms with van der Waals surface area (Å²) < 4.78 is 0.827. The van der Waals surface area contributed by atoms with Gasteiger partial charge in [0.2, 0.25) is 5.91 Å². The van der Waals surface area contributed by atoms with Crippen LogP contribution in [0.1, 0.15) is 26.9 Å². The number of nitrogens with one attached hydrogen (secondary N) is 1. The van der Waals surface area contributed by atoms with Gasteiger partial charge in [-0.15, -0.1) is 11.8 Å². The van der Waals surface area contributed by atoms with Crippen LogP contribution >= 0.6 is 39.3 Å². The van der Waals surface area contributed by atoms with Gasteiger partial charge in [0.25, 0.3) is 5.91 Å². The predicted octanol–water partition coefficient (Wildman–Crippen LogP) is 6.13. The Balaban J connectivity index is 1.48. The van der Waals surface area contributed by atoms with Crippen LogP contribution in [-0.2, 0) is 11.3 Å². The number of halogens is 2. The molecule has 1 N–H and O–H groups in total. The lowest BCUT2D eigenvalue weighted by Gasteiger charge is -2.24. The summed E-state index contributed by atoms with van der Waals surface area (Å²) in [7, 11) is 0. The van der Waals surface area contributed by atoms with Gasteiger partial charge in [-0.05, 0) is 63.5 Å². The number of thioether (sulfide) groups is 1. The second-order valence-electron chi connectivity index (χ2n) is 6.87. The highest BCUT2D eigenvalue weighted by Gasteiger charge is 2.32. The van der Waals surface area contributed by atoms with Crippen LogP contribution in [0, 0.1) is 0 Å². The number of hydrogen-bond donors (Lipinski definition) is 1. The normalized spacial score (nSPS) is 16.0. The molecule has 3 aromatic carbocycles. The molecular weight excluding hydrogens is 484 g/mol. The molecule has 0 aliphatic carbocycles. The van der Waals surface area contributed by atoms with Crippen LogP contribution in [0.2, 0.25) is 5.02 Å². The van der Waals surface area contributed by atoms with Gasteiger partial charge in [0.15, 0.2) is 0 Å². The minimum Gasteiger partial charge on any atom is -0.322 e. The number of carbonyl (C=O) groups is 2. The van der Waals surface area contributed by atoms with E-state index in [9.17, 15) is 9.59 Å². The first-order valence-corrected chi connectivity index (χ1v) is 11.5. The molecule has 7 heteroatoms. The summed E-state index contributed by atoms with van der Waals surface area (Å²) in [6, 6.07) is 22.4. The molecule has 1 fully saturated rings.